The number of nitrogens with one attached hydrogen (secondary N) is 1. The van der Waals surface area contributed by atoms with Gasteiger partial charge < -0.3 is 10.2 Å². The molecule has 0 unspecified atom stereocenters. The van der Waals surface area contributed by atoms with Gasteiger partial charge in [0, 0.05) is 22.1 Å². The smallest absolute Gasteiger partial charge is 0.264 e. The monoisotopic (exact) mass is 645 g/mol. The lowest BCUT2D eigenvalue weighted by Gasteiger charge is -2.32. The van der Waals surface area contributed by atoms with Crippen LogP contribution in [0.25, 0.3) is 0 Å². The number of hydrogen-bond acceptors (Lipinski definition) is 4. The fourth-order valence-electron chi connectivity index (χ4n) is 4.81. The van der Waals surface area contributed by atoms with E-state index in [0.29, 0.717) is 10.7 Å². The molecule has 1 N–H and O–H groups in total. The Bertz CT molecular complexity index is 1440. The molecular weight excluding hydrogens is 614 g/mol. The van der Waals surface area contributed by atoms with E-state index >= 15 is 0 Å². The Morgan fingerprint density at radius 3 is 2.30 bits per heavy atom. The predicted molar refractivity (Wildman–Crippen MR) is 162 cm³/mol. The van der Waals surface area contributed by atoms with E-state index in [1.54, 1.807) is 25.1 Å². The molecule has 1 fully saturated rings. The third-order valence-electron chi connectivity index (χ3n) is 7.11. The number of rotatable bonds is 10. The van der Waals surface area contributed by atoms with E-state index in [-0.39, 0.29) is 23.4 Å². The summed E-state index contributed by atoms with van der Waals surface area (Å²) in [6, 6.07) is 19.6. The molecule has 0 spiro atoms. The number of halogens is 2. The minimum Gasteiger partial charge on any atom is -0.352 e. The van der Waals surface area contributed by atoms with Crippen LogP contribution in [0.15, 0.2) is 82.2 Å². The SMILES string of the molecule is Cc1cccc(N(CC(=O)N(Cc2ccc(Br)cc2)[C@H](C)C(=O)NC2CCCC2)S(=O)(=O)c2ccc(Cl)cc2)c1. The summed E-state index contributed by atoms with van der Waals surface area (Å²) in [7, 11) is -4.14. The molecule has 1 atom stereocenters. The van der Waals surface area contributed by atoms with Gasteiger partial charge in [0.15, 0.2) is 0 Å². The molecule has 0 bridgehead atoms. The summed E-state index contributed by atoms with van der Waals surface area (Å²) < 4.78 is 29.7. The molecule has 0 saturated heterocycles. The van der Waals surface area contributed by atoms with Crippen molar-refractivity contribution in [1.82, 2.24) is 10.2 Å². The van der Waals surface area contributed by atoms with E-state index < -0.39 is 28.5 Å². The van der Waals surface area contributed by atoms with Crippen LogP contribution in [0.5, 0.6) is 0 Å². The standard InChI is InChI=1S/C30H33BrClN3O4S/c1-21-6-5-9-27(18-21)35(40(38,39)28-16-14-25(32)15-17-28)20-29(36)34(19-23-10-12-24(31)13-11-23)22(2)30(37)33-26-7-3-4-8-26/h5-6,9-18,22,26H,3-4,7-8,19-20H2,1-2H3,(H,33,37)/t22-/m1/s1. The molecule has 7 nitrogen and oxygen atoms in total. The molecule has 4 rings (SSSR count). The van der Waals surface area contributed by atoms with Gasteiger partial charge >= 0.3 is 0 Å². The number of carbonyl (C=O) groups excluding carboxylic acids is 2. The highest BCUT2D eigenvalue weighted by molar-refractivity contribution is 9.10. The van der Waals surface area contributed by atoms with E-state index in [1.807, 2.05) is 37.3 Å². The van der Waals surface area contributed by atoms with Gasteiger partial charge in [-0.25, -0.2) is 8.42 Å². The molecule has 3 aromatic rings. The number of aryl methyl sites for hydroxylation is 1. The number of carbonyl (C=O) groups is 2. The zero-order valence-corrected chi connectivity index (χ0v) is 25.7. The Morgan fingerprint density at radius 1 is 1.02 bits per heavy atom. The Hall–Kier alpha value is -2.88. The maximum atomic E-state index is 14.0. The molecule has 40 heavy (non-hydrogen) atoms. The number of sulfonamides is 1. The Balaban J connectivity index is 1.68. The molecule has 0 aliphatic heterocycles. The summed E-state index contributed by atoms with van der Waals surface area (Å²) in [5, 5.41) is 3.48. The van der Waals surface area contributed by atoms with Gasteiger partial charge in [-0.05, 0) is 86.3 Å². The highest BCUT2D eigenvalue weighted by Crippen LogP contribution is 2.26. The van der Waals surface area contributed by atoms with Crippen molar-refractivity contribution in [1.29, 1.82) is 0 Å². The summed E-state index contributed by atoms with van der Waals surface area (Å²) in [5.74, 6) is -0.740. The first-order chi connectivity index (χ1) is 19.0. The van der Waals surface area contributed by atoms with Crippen LogP contribution in [-0.4, -0.2) is 43.8 Å². The van der Waals surface area contributed by atoms with Crippen molar-refractivity contribution >= 4 is 55.1 Å². The molecule has 1 saturated carbocycles. The molecule has 212 valence electrons. The van der Waals surface area contributed by atoms with Gasteiger partial charge in [0.05, 0.1) is 10.6 Å². The van der Waals surface area contributed by atoms with Crippen LogP contribution in [0.2, 0.25) is 5.02 Å². The van der Waals surface area contributed by atoms with Gasteiger partial charge in [-0.2, -0.15) is 0 Å². The van der Waals surface area contributed by atoms with Crippen LogP contribution < -0.4 is 9.62 Å². The Labute approximate surface area is 249 Å². The molecule has 1 aliphatic carbocycles. The fourth-order valence-corrected chi connectivity index (χ4v) is 6.60. The normalized spacial score (nSPS) is 14.5. The van der Waals surface area contributed by atoms with Crippen LogP contribution >= 0.6 is 27.5 Å². The van der Waals surface area contributed by atoms with Crippen LogP contribution in [0.4, 0.5) is 5.69 Å². The van der Waals surface area contributed by atoms with Gasteiger partial charge in [-0.15, -0.1) is 0 Å². The first-order valence-electron chi connectivity index (χ1n) is 13.2. The largest absolute Gasteiger partial charge is 0.352 e. The first kappa shape index (κ1) is 30.1. The van der Waals surface area contributed by atoms with E-state index in [2.05, 4.69) is 21.2 Å². The molecule has 0 radical (unpaired) electrons. The van der Waals surface area contributed by atoms with Gasteiger partial charge in [0.25, 0.3) is 10.0 Å². The molecular formula is C30H33BrClN3O4S. The molecule has 10 heteroatoms. The van der Waals surface area contributed by atoms with Gasteiger partial charge in [0.1, 0.15) is 12.6 Å². The van der Waals surface area contributed by atoms with E-state index in [0.717, 1.165) is 45.6 Å². The van der Waals surface area contributed by atoms with Crippen molar-refractivity contribution in [2.75, 3.05) is 10.8 Å². The lowest BCUT2D eigenvalue weighted by molar-refractivity contribution is -0.139. The van der Waals surface area contributed by atoms with Crippen LogP contribution in [0, 0.1) is 6.92 Å². The lowest BCUT2D eigenvalue weighted by atomic mass is 10.1. The third kappa shape index (κ3) is 7.44. The fraction of sp³-hybridized carbons (Fsp3) is 0.333. The summed E-state index contributed by atoms with van der Waals surface area (Å²) >= 11 is 9.44. The van der Waals surface area contributed by atoms with Crippen molar-refractivity contribution in [3.8, 4) is 0 Å². The van der Waals surface area contributed by atoms with Crippen LogP contribution in [0.1, 0.15) is 43.7 Å². The zero-order valence-electron chi connectivity index (χ0n) is 22.5. The highest BCUT2D eigenvalue weighted by Gasteiger charge is 2.33. The van der Waals surface area contributed by atoms with Crippen molar-refractivity contribution in [3.63, 3.8) is 0 Å². The summed E-state index contributed by atoms with van der Waals surface area (Å²) in [6.07, 6.45) is 3.96. The topological polar surface area (TPSA) is 86.8 Å². The summed E-state index contributed by atoms with van der Waals surface area (Å²) in [5.41, 5.74) is 2.02. The molecule has 0 heterocycles. The minimum atomic E-state index is -4.14. The third-order valence-corrected chi connectivity index (χ3v) is 9.67. The van der Waals surface area contributed by atoms with Crippen LogP contribution in [0.3, 0.4) is 0 Å². The van der Waals surface area contributed by atoms with E-state index in [1.165, 1.54) is 29.2 Å². The molecule has 1 aliphatic rings. The number of hydrogen-bond donors (Lipinski definition) is 1. The number of benzene rings is 3. The average molecular weight is 647 g/mol. The second-order valence-electron chi connectivity index (χ2n) is 10.1. The quantitative estimate of drug-likeness (QED) is 0.289. The maximum absolute atomic E-state index is 14.0. The Kier molecular flexibility index (Phi) is 9.92. The van der Waals surface area contributed by atoms with Crippen molar-refractivity contribution < 1.29 is 18.0 Å². The second kappa shape index (κ2) is 13.2. The van der Waals surface area contributed by atoms with Crippen molar-refractivity contribution in [3.05, 3.63) is 93.4 Å². The number of nitrogens with zero attached hydrogens (tertiary/aromatic N) is 2. The molecule has 3 aromatic carbocycles. The molecule has 0 aromatic heterocycles. The second-order valence-corrected chi connectivity index (χ2v) is 13.3. The van der Waals surface area contributed by atoms with Crippen molar-refractivity contribution in [2.24, 2.45) is 0 Å². The highest BCUT2D eigenvalue weighted by atomic mass is 79.9. The number of amides is 2. The summed E-state index contributed by atoms with van der Waals surface area (Å²) in [4.78, 5) is 28.8. The zero-order chi connectivity index (χ0) is 28.9. The lowest BCUT2D eigenvalue weighted by Crippen LogP contribution is -2.52. The minimum absolute atomic E-state index is 0.0118. The van der Waals surface area contributed by atoms with Crippen molar-refractivity contribution in [2.45, 2.75) is 63.1 Å². The summed E-state index contributed by atoms with van der Waals surface area (Å²) in [6.45, 7) is 3.21. The molecule has 2 amide bonds. The number of anilines is 1. The van der Waals surface area contributed by atoms with E-state index in [4.69, 9.17) is 11.6 Å². The van der Waals surface area contributed by atoms with Gasteiger partial charge in [-0.1, -0.05) is 64.6 Å². The van der Waals surface area contributed by atoms with Gasteiger partial charge in [-0.3, -0.25) is 13.9 Å². The first-order valence-corrected chi connectivity index (χ1v) is 15.8. The van der Waals surface area contributed by atoms with Crippen LogP contribution in [-0.2, 0) is 26.2 Å². The average Bonchev–Trinajstić information content (AvgIpc) is 3.44. The predicted octanol–water partition coefficient (Wildman–Crippen LogP) is 6.08. The van der Waals surface area contributed by atoms with Gasteiger partial charge in [0.2, 0.25) is 11.8 Å². The Morgan fingerprint density at radius 2 is 1.68 bits per heavy atom. The maximum Gasteiger partial charge on any atom is 0.264 e. The van der Waals surface area contributed by atoms with E-state index in [9.17, 15) is 18.0 Å².